The van der Waals surface area contributed by atoms with Gasteiger partial charge in [-0.15, -0.1) is 11.3 Å². The summed E-state index contributed by atoms with van der Waals surface area (Å²) in [6, 6.07) is 12.8. The van der Waals surface area contributed by atoms with Gasteiger partial charge in [0, 0.05) is 0 Å². The number of halogens is 1. The molecule has 5 heteroatoms. The predicted molar refractivity (Wildman–Crippen MR) is 72.0 cm³/mol. The van der Waals surface area contributed by atoms with E-state index in [2.05, 4.69) is 10.5 Å². The molecule has 0 aliphatic heterocycles. The molecule has 0 amide bonds. The summed E-state index contributed by atoms with van der Waals surface area (Å²) in [5.41, 5.74) is 3.51. The minimum Gasteiger partial charge on any atom is -0.285 e. The van der Waals surface area contributed by atoms with Crippen LogP contribution in [0, 0.1) is 0 Å². The van der Waals surface area contributed by atoms with Gasteiger partial charge in [-0.25, -0.2) is 0 Å². The molecule has 0 bridgehead atoms. The van der Waals surface area contributed by atoms with Gasteiger partial charge in [-0.05, 0) is 23.6 Å². The Labute approximate surface area is 108 Å². The number of para-hydroxylation sites is 1. The maximum Gasteiger partial charge on any atom is 0.234 e. The highest BCUT2D eigenvalue weighted by molar-refractivity contribution is 7.14. The van der Waals surface area contributed by atoms with E-state index in [1.165, 1.54) is 11.3 Å². The molecular weight excluding hydrogens is 256 g/mol. The molecule has 1 N–H and O–H groups in total. The van der Waals surface area contributed by atoms with Crippen molar-refractivity contribution < 1.29 is 4.79 Å². The number of hydrazone groups is 1. The maximum absolute atomic E-state index is 11.7. The minimum atomic E-state index is -0.273. The van der Waals surface area contributed by atoms with Crippen molar-refractivity contribution in [2.24, 2.45) is 5.10 Å². The van der Waals surface area contributed by atoms with Gasteiger partial charge in [0.05, 0.1) is 10.6 Å². The fourth-order valence-corrected chi connectivity index (χ4v) is 2.05. The van der Waals surface area contributed by atoms with Crippen LogP contribution < -0.4 is 5.43 Å². The first-order chi connectivity index (χ1) is 8.27. The molecule has 1 heterocycles. The number of nitrogens with zero attached hydrogens (tertiary/aromatic N) is 1. The Morgan fingerprint density at radius 3 is 2.59 bits per heavy atom. The van der Waals surface area contributed by atoms with Gasteiger partial charge in [-0.2, -0.15) is 5.10 Å². The standard InChI is InChI=1S/C12H9ClN2OS/c13-12(11(16)10-7-4-8-17-10)15-14-9-5-2-1-3-6-9/h1-8,14H/b15-12-. The average molecular weight is 265 g/mol. The second-order valence-electron chi connectivity index (χ2n) is 3.19. The number of carbonyl (C=O) groups is 1. The van der Waals surface area contributed by atoms with Crippen molar-refractivity contribution in [1.29, 1.82) is 0 Å². The second-order valence-corrected chi connectivity index (χ2v) is 4.49. The van der Waals surface area contributed by atoms with Gasteiger partial charge in [0.15, 0.2) is 5.17 Å². The van der Waals surface area contributed by atoms with E-state index in [0.29, 0.717) is 4.88 Å². The summed E-state index contributed by atoms with van der Waals surface area (Å²) >= 11 is 7.16. The van der Waals surface area contributed by atoms with Crippen molar-refractivity contribution in [2.75, 3.05) is 5.43 Å². The molecule has 0 unspecified atom stereocenters. The number of benzene rings is 1. The van der Waals surface area contributed by atoms with Gasteiger partial charge < -0.3 is 0 Å². The minimum absolute atomic E-state index is 0.0729. The van der Waals surface area contributed by atoms with Gasteiger partial charge in [-0.1, -0.05) is 35.9 Å². The number of Topliss-reactive ketones (excluding diaryl/α,β-unsaturated/α-hetero) is 1. The molecule has 0 radical (unpaired) electrons. The Bertz CT molecular complexity index is 523. The lowest BCUT2D eigenvalue weighted by Crippen LogP contribution is -2.08. The van der Waals surface area contributed by atoms with E-state index in [0.717, 1.165) is 5.69 Å². The second kappa shape index (κ2) is 5.61. The van der Waals surface area contributed by atoms with E-state index in [4.69, 9.17) is 11.6 Å². The Morgan fingerprint density at radius 1 is 1.18 bits per heavy atom. The highest BCUT2D eigenvalue weighted by atomic mass is 35.5. The van der Waals surface area contributed by atoms with Crippen LogP contribution in [0.4, 0.5) is 5.69 Å². The number of hydrogen-bond donors (Lipinski definition) is 1. The van der Waals surface area contributed by atoms with Crippen molar-refractivity contribution in [2.45, 2.75) is 0 Å². The third-order valence-corrected chi connectivity index (χ3v) is 3.11. The molecule has 0 aliphatic carbocycles. The van der Waals surface area contributed by atoms with E-state index in [9.17, 15) is 4.79 Å². The molecule has 0 atom stereocenters. The smallest absolute Gasteiger partial charge is 0.234 e. The summed E-state index contributed by atoms with van der Waals surface area (Å²) in [5.74, 6) is -0.273. The molecule has 17 heavy (non-hydrogen) atoms. The van der Waals surface area contributed by atoms with Crippen LogP contribution in [-0.4, -0.2) is 11.0 Å². The van der Waals surface area contributed by atoms with Crippen molar-refractivity contribution in [3.8, 4) is 0 Å². The van der Waals surface area contributed by atoms with E-state index in [1.54, 1.807) is 12.1 Å². The summed E-state index contributed by atoms with van der Waals surface area (Å²) < 4.78 is 0. The van der Waals surface area contributed by atoms with Crippen LogP contribution >= 0.6 is 22.9 Å². The van der Waals surface area contributed by atoms with Gasteiger partial charge in [0.1, 0.15) is 0 Å². The number of hydrogen-bond acceptors (Lipinski definition) is 4. The van der Waals surface area contributed by atoms with E-state index in [1.807, 2.05) is 35.7 Å². The summed E-state index contributed by atoms with van der Waals surface area (Å²) in [6.45, 7) is 0. The Kier molecular flexibility index (Phi) is 3.90. The number of carbonyl (C=O) groups excluding carboxylic acids is 1. The summed E-state index contributed by atoms with van der Waals surface area (Å²) in [5, 5.41) is 5.59. The highest BCUT2D eigenvalue weighted by Gasteiger charge is 2.12. The van der Waals surface area contributed by atoms with Crippen LogP contribution in [0.25, 0.3) is 0 Å². The first-order valence-corrected chi connectivity index (χ1v) is 6.15. The first kappa shape index (κ1) is 11.8. The molecule has 2 rings (SSSR count). The number of nitrogens with one attached hydrogen (secondary N) is 1. The largest absolute Gasteiger partial charge is 0.285 e. The Morgan fingerprint density at radius 2 is 1.94 bits per heavy atom. The molecule has 0 saturated carbocycles. The van der Waals surface area contributed by atoms with Crippen molar-refractivity contribution in [1.82, 2.24) is 0 Å². The van der Waals surface area contributed by atoms with Crippen LogP contribution in [0.1, 0.15) is 9.67 Å². The van der Waals surface area contributed by atoms with Gasteiger partial charge >= 0.3 is 0 Å². The lowest BCUT2D eigenvalue weighted by atomic mass is 10.3. The summed E-state index contributed by atoms with van der Waals surface area (Å²) in [4.78, 5) is 12.3. The molecule has 2 aromatic rings. The lowest BCUT2D eigenvalue weighted by Gasteiger charge is -1.99. The zero-order valence-corrected chi connectivity index (χ0v) is 10.3. The van der Waals surface area contributed by atoms with E-state index >= 15 is 0 Å². The number of ketones is 1. The Balaban J connectivity index is 2.05. The summed E-state index contributed by atoms with van der Waals surface area (Å²) in [7, 11) is 0. The number of rotatable bonds is 4. The molecule has 0 spiro atoms. The van der Waals surface area contributed by atoms with Crippen LogP contribution in [-0.2, 0) is 0 Å². The topological polar surface area (TPSA) is 41.5 Å². The normalized spacial score (nSPS) is 11.2. The molecular formula is C12H9ClN2OS. The highest BCUT2D eigenvalue weighted by Crippen LogP contribution is 2.12. The lowest BCUT2D eigenvalue weighted by molar-refractivity contribution is 0.107. The Hall–Kier alpha value is -1.65. The molecule has 86 valence electrons. The fraction of sp³-hybridized carbons (Fsp3) is 0. The molecule has 3 nitrogen and oxygen atoms in total. The monoisotopic (exact) mass is 264 g/mol. The van der Waals surface area contributed by atoms with Crippen LogP contribution in [0.5, 0.6) is 0 Å². The fourth-order valence-electron chi connectivity index (χ4n) is 1.19. The SMILES string of the molecule is O=C(/C(Cl)=N/Nc1ccccc1)c1cccs1. The van der Waals surface area contributed by atoms with Gasteiger partial charge in [0.25, 0.3) is 0 Å². The van der Waals surface area contributed by atoms with Crippen LogP contribution in [0.3, 0.4) is 0 Å². The van der Waals surface area contributed by atoms with Crippen molar-refractivity contribution >= 4 is 39.6 Å². The average Bonchev–Trinajstić information content (AvgIpc) is 2.90. The predicted octanol–water partition coefficient (Wildman–Crippen LogP) is 3.60. The van der Waals surface area contributed by atoms with E-state index < -0.39 is 0 Å². The molecule has 0 fully saturated rings. The molecule has 0 aliphatic rings. The number of anilines is 1. The zero-order chi connectivity index (χ0) is 12.1. The number of thiophene rings is 1. The summed E-state index contributed by atoms with van der Waals surface area (Å²) in [6.07, 6.45) is 0. The zero-order valence-electron chi connectivity index (χ0n) is 8.76. The van der Waals surface area contributed by atoms with Gasteiger partial charge in [-0.3, -0.25) is 10.2 Å². The van der Waals surface area contributed by atoms with Crippen molar-refractivity contribution in [3.63, 3.8) is 0 Å². The van der Waals surface area contributed by atoms with Crippen LogP contribution in [0.15, 0.2) is 52.9 Å². The van der Waals surface area contributed by atoms with Crippen molar-refractivity contribution in [3.05, 3.63) is 52.7 Å². The quantitative estimate of drug-likeness (QED) is 0.521. The van der Waals surface area contributed by atoms with E-state index in [-0.39, 0.29) is 11.0 Å². The third kappa shape index (κ3) is 3.15. The molecule has 1 aromatic carbocycles. The van der Waals surface area contributed by atoms with Gasteiger partial charge in [0.2, 0.25) is 5.78 Å². The first-order valence-electron chi connectivity index (χ1n) is 4.90. The van der Waals surface area contributed by atoms with Crippen LogP contribution in [0.2, 0.25) is 0 Å². The third-order valence-electron chi connectivity index (χ3n) is 1.99. The molecule has 0 saturated heterocycles. The maximum atomic E-state index is 11.7. The molecule has 1 aromatic heterocycles.